The minimum Gasteiger partial charge on any atom is -0.480 e. The quantitative estimate of drug-likeness (QED) is 0.635. The molecule has 152 valence electrons. The molecule has 1 N–H and O–H groups in total. The molecule has 1 fully saturated rings. The summed E-state index contributed by atoms with van der Waals surface area (Å²) in [5.41, 5.74) is 3.43. The number of hydrogen-bond acceptors (Lipinski definition) is 4. The van der Waals surface area contributed by atoms with E-state index in [0.717, 1.165) is 28.9 Å². The average molecular weight is 406 g/mol. The zero-order chi connectivity index (χ0) is 20.5. The van der Waals surface area contributed by atoms with Gasteiger partial charge in [0.2, 0.25) is 5.88 Å². The van der Waals surface area contributed by atoms with Gasteiger partial charge >= 0.3 is 0 Å². The van der Waals surface area contributed by atoms with Crippen LogP contribution < -0.4 is 10.1 Å². The van der Waals surface area contributed by atoms with Crippen LogP contribution in [0.4, 0.5) is 4.39 Å². The Kier molecular flexibility index (Phi) is 6.25. The van der Waals surface area contributed by atoms with Gasteiger partial charge in [0.25, 0.3) is 0 Å². The van der Waals surface area contributed by atoms with Crippen molar-refractivity contribution in [2.75, 3.05) is 20.7 Å². The van der Waals surface area contributed by atoms with Gasteiger partial charge < -0.3 is 10.1 Å². The van der Waals surface area contributed by atoms with Crippen LogP contribution in [-0.2, 0) is 0 Å². The number of ether oxygens (including phenoxy) is 1. The van der Waals surface area contributed by atoms with Crippen LogP contribution in [0.3, 0.4) is 0 Å². The van der Waals surface area contributed by atoms with E-state index in [0.29, 0.717) is 36.2 Å². The highest BCUT2D eigenvalue weighted by Gasteiger charge is 2.51. The summed E-state index contributed by atoms with van der Waals surface area (Å²) in [6, 6.07) is 3.95. The van der Waals surface area contributed by atoms with Crippen molar-refractivity contribution in [2.24, 2.45) is 0 Å². The van der Waals surface area contributed by atoms with Crippen LogP contribution in [0.5, 0.6) is 5.88 Å². The lowest BCUT2D eigenvalue weighted by molar-refractivity contribution is 0.249. The second-order valence-corrected chi connectivity index (χ2v) is 8.12. The van der Waals surface area contributed by atoms with Crippen LogP contribution in [0.1, 0.15) is 61.8 Å². The minimum atomic E-state index is -1.17. The Hall–Kier alpha value is -1.72. The fourth-order valence-corrected chi connectivity index (χ4v) is 4.07. The van der Waals surface area contributed by atoms with Gasteiger partial charge in [-0.1, -0.05) is 25.4 Å². The summed E-state index contributed by atoms with van der Waals surface area (Å²) >= 11 is 6.56. The number of pyridine rings is 2. The summed E-state index contributed by atoms with van der Waals surface area (Å²) in [6.45, 7) is 6.97. The van der Waals surface area contributed by atoms with Gasteiger partial charge in [0.15, 0.2) is 0 Å². The number of halogens is 2. The van der Waals surface area contributed by atoms with Crippen molar-refractivity contribution in [1.29, 1.82) is 0 Å². The van der Waals surface area contributed by atoms with E-state index in [2.05, 4.69) is 37.1 Å². The van der Waals surface area contributed by atoms with E-state index in [1.165, 1.54) is 5.56 Å². The molecule has 0 aliphatic heterocycles. The van der Waals surface area contributed by atoms with Gasteiger partial charge in [-0.05, 0) is 62.4 Å². The number of hydrogen-bond donors (Lipinski definition) is 1. The van der Waals surface area contributed by atoms with Crippen molar-refractivity contribution >= 4 is 11.6 Å². The highest BCUT2D eigenvalue weighted by Crippen LogP contribution is 2.51. The van der Waals surface area contributed by atoms with E-state index in [4.69, 9.17) is 21.3 Å². The Balaban J connectivity index is 2.22. The predicted molar refractivity (Wildman–Crippen MR) is 112 cm³/mol. The molecule has 1 aliphatic carbocycles. The summed E-state index contributed by atoms with van der Waals surface area (Å²) in [5, 5.41) is 3.57. The SMILES string of the molecule is CCC(C)c1cc(C(CNC)C2(F)CC2)nc(-c2ccnc(OC)c2Cl)c1C. The molecule has 0 bridgehead atoms. The van der Waals surface area contributed by atoms with E-state index in [1.807, 2.05) is 13.1 Å². The molecular formula is C22H29ClFN3O. The van der Waals surface area contributed by atoms with Crippen molar-refractivity contribution < 1.29 is 9.13 Å². The molecule has 1 aliphatic rings. The van der Waals surface area contributed by atoms with Gasteiger partial charge in [0.1, 0.15) is 10.7 Å². The van der Waals surface area contributed by atoms with Crippen molar-refractivity contribution in [3.63, 3.8) is 0 Å². The van der Waals surface area contributed by atoms with Crippen LogP contribution in [0.25, 0.3) is 11.3 Å². The lowest BCUT2D eigenvalue weighted by Crippen LogP contribution is -2.28. The summed E-state index contributed by atoms with van der Waals surface area (Å²) < 4.78 is 20.4. The fourth-order valence-electron chi connectivity index (χ4n) is 3.80. The van der Waals surface area contributed by atoms with Crippen molar-refractivity contribution in [3.8, 4) is 17.1 Å². The summed E-state index contributed by atoms with van der Waals surface area (Å²) in [5.74, 6) is 0.432. The molecule has 2 aromatic heterocycles. The van der Waals surface area contributed by atoms with Gasteiger partial charge in [-0.15, -0.1) is 0 Å². The minimum absolute atomic E-state index is 0.276. The molecule has 28 heavy (non-hydrogen) atoms. The average Bonchev–Trinajstić information content (AvgIpc) is 3.44. The second-order valence-electron chi connectivity index (χ2n) is 7.75. The zero-order valence-corrected chi connectivity index (χ0v) is 18.0. The van der Waals surface area contributed by atoms with E-state index in [1.54, 1.807) is 13.3 Å². The largest absolute Gasteiger partial charge is 0.480 e. The Labute approximate surface area is 171 Å². The van der Waals surface area contributed by atoms with Gasteiger partial charge in [-0.25, -0.2) is 9.37 Å². The third-order valence-corrected chi connectivity index (χ3v) is 6.26. The normalized spacial score (nSPS) is 17.2. The van der Waals surface area contributed by atoms with Gasteiger partial charge in [-0.3, -0.25) is 4.98 Å². The van der Waals surface area contributed by atoms with Crippen molar-refractivity contribution in [3.05, 3.63) is 40.2 Å². The first kappa shape index (κ1) is 21.0. The summed E-state index contributed by atoms with van der Waals surface area (Å²) in [6.07, 6.45) is 3.84. The Morgan fingerprint density at radius 2 is 2.11 bits per heavy atom. The molecule has 2 heterocycles. The van der Waals surface area contributed by atoms with Gasteiger partial charge in [-0.2, -0.15) is 0 Å². The molecule has 4 nitrogen and oxygen atoms in total. The molecule has 0 spiro atoms. The van der Waals surface area contributed by atoms with Crippen molar-refractivity contribution in [2.45, 2.75) is 57.5 Å². The van der Waals surface area contributed by atoms with Crippen LogP contribution in [0.2, 0.25) is 5.02 Å². The molecule has 2 atom stereocenters. The topological polar surface area (TPSA) is 47.0 Å². The predicted octanol–water partition coefficient (Wildman–Crippen LogP) is 5.43. The first-order valence-electron chi connectivity index (χ1n) is 9.90. The second kappa shape index (κ2) is 8.34. The van der Waals surface area contributed by atoms with E-state index in [9.17, 15) is 0 Å². The molecule has 0 aromatic carbocycles. The molecular weight excluding hydrogens is 377 g/mol. The number of aromatic nitrogens is 2. The third kappa shape index (κ3) is 3.87. The molecule has 6 heteroatoms. The van der Waals surface area contributed by atoms with Gasteiger partial charge in [0.05, 0.1) is 12.8 Å². The molecule has 0 amide bonds. The number of methoxy groups -OCH3 is 1. The smallest absolute Gasteiger partial charge is 0.232 e. The first-order valence-corrected chi connectivity index (χ1v) is 10.3. The molecule has 0 saturated heterocycles. The maximum atomic E-state index is 15.1. The molecule has 2 unspecified atom stereocenters. The fraction of sp³-hybridized carbons (Fsp3) is 0.545. The Bertz CT molecular complexity index is 854. The third-order valence-electron chi connectivity index (χ3n) is 5.90. The maximum Gasteiger partial charge on any atom is 0.232 e. The van der Waals surface area contributed by atoms with E-state index in [-0.39, 0.29) is 5.92 Å². The number of likely N-dealkylation sites (N-methyl/N-ethyl adjacent to an activating group) is 1. The highest BCUT2D eigenvalue weighted by molar-refractivity contribution is 6.34. The Morgan fingerprint density at radius 1 is 1.39 bits per heavy atom. The summed E-state index contributed by atoms with van der Waals surface area (Å²) in [7, 11) is 3.40. The lowest BCUT2D eigenvalue weighted by atomic mass is 9.88. The first-order chi connectivity index (χ1) is 13.4. The monoisotopic (exact) mass is 405 g/mol. The Morgan fingerprint density at radius 3 is 2.68 bits per heavy atom. The highest BCUT2D eigenvalue weighted by atomic mass is 35.5. The van der Waals surface area contributed by atoms with Crippen LogP contribution in [0, 0.1) is 6.92 Å². The van der Waals surface area contributed by atoms with Crippen LogP contribution in [0.15, 0.2) is 18.3 Å². The number of rotatable bonds is 8. The lowest BCUT2D eigenvalue weighted by Gasteiger charge is -2.24. The van der Waals surface area contributed by atoms with Gasteiger partial charge in [0, 0.05) is 29.9 Å². The molecule has 2 aromatic rings. The number of alkyl halides is 1. The van der Waals surface area contributed by atoms with Crippen LogP contribution >= 0.6 is 11.6 Å². The van der Waals surface area contributed by atoms with Crippen LogP contribution in [-0.4, -0.2) is 36.3 Å². The van der Waals surface area contributed by atoms with E-state index < -0.39 is 5.67 Å². The number of nitrogens with zero attached hydrogens (tertiary/aromatic N) is 2. The summed E-state index contributed by atoms with van der Waals surface area (Å²) in [4.78, 5) is 9.10. The molecule has 0 radical (unpaired) electrons. The molecule has 3 rings (SSSR count). The number of nitrogens with one attached hydrogen (secondary N) is 1. The zero-order valence-electron chi connectivity index (χ0n) is 17.3. The standard InChI is InChI=1S/C22H29ClFN3O/c1-6-13(2)16-11-18(17(12-25-4)22(24)8-9-22)27-20(14(16)3)15-7-10-26-21(28-5)19(15)23/h7,10-11,13,17,25H,6,8-9,12H2,1-5H3. The molecule has 1 saturated carbocycles. The van der Waals surface area contributed by atoms with Crippen molar-refractivity contribution in [1.82, 2.24) is 15.3 Å². The van der Waals surface area contributed by atoms with E-state index >= 15 is 4.39 Å². The maximum absolute atomic E-state index is 15.1.